The minimum Gasteiger partial charge on any atom is -0.375 e. The van der Waals surface area contributed by atoms with Crippen LogP contribution in [0.4, 0.5) is 18.9 Å². The van der Waals surface area contributed by atoms with Crippen molar-refractivity contribution in [3.63, 3.8) is 0 Å². The third-order valence-corrected chi connectivity index (χ3v) is 5.83. The van der Waals surface area contributed by atoms with Gasteiger partial charge in [0.25, 0.3) is 0 Å². The van der Waals surface area contributed by atoms with Crippen LogP contribution in [0, 0.1) is 17.5 Å². The standard InChI is InChI=1S/C25H24F3N5S/c26-20-8-4-5-17(11-20)15-32-9-10-33(16-24(32)18-6-2-1-3-7-18)23-13-21(27)19(12-22(23)28)14-30-31-25(29)34/h1-8,11-14,24H,9-10,15-16H2,(H3,29,31,34)/t24-/m0/s1. The van der Waals surface area contributed by atoms with Crippen molar-refractivity contribution in [2.24, 2.45) is 10.8 Å². The lowest BCUT2D eigenvalue weighted by Crippen LogP contribution is -2.48. The molecule has 0 saturated carbocycles. The molecular formula is C25H24F3N5S. The second-order valence-corrected chi connectivity index (χ2v) is 8.47. The van der Waals surface area contributed by atoms with E-state index < -0.39 is 11.6 Å². The van der Waals surface area contributed by atoms with Gasteiger partial charge in [0.1, 0.15) is 17.5 Å². The van der Waals surface area contributed by atoms with E-state index in [-0.39, 0.29) is 28.2 Å². The van der Waals surface area contributed by atoms with Crippen LogP contribution in [0.25, 0.3) is 0 Å². The maximum Gasteiger partial charge on any atom is 0.184 e. The van der Waals surface area contributed by atoms with Crippen LogP contribution in [0.15, 0.2) is 71.8 Å². The van der Waals surface area contributed by atoms with E-state index in [1.807, 2.05) is 41.3 Å². The van der Waals surface area contributed by atoms with Crippen molar-refractivity contribution in [1.82, 2.24) is 10.3 Å². The Morgan fingerprint density at radius 3 is 2.56 bits per heavy atom. The number of anilines is 1. The second-order valence-electron chi connectivity index (χ2n) is 8.03. The maximum atomic E-state index is 15.0. The van der Waals surface area contributed by atoms with Gasteiger partial charge in [0.15, 0.2) is 5.11 Å². The molecule has 1 heterocycles. The molecule has 0 unspecified atom stereocenters. The normalized spacial score (nSPS) is 16.7. The zero-order valence-electron chi connectivity index (χ0n) is 18.3. The molecule has 0 radical (unpaired) electrons. The number of nitrogens with one attached hydrogen (secondary N) is 1. The Balaban J connectivity index is 1.58. The molecule has 0 bridgehead atoms. The third kappa shape index (κ3) is 5.73. The number of piperazine rings is 1. The van der Waals surface area contributed by atoms with Crippen molar-refractivity contribution in [3.8, 4) is 0 Å². The lowest BCUT2D eigenvalue weighted by Gasteiger charge is -2.43. The highest BCUT2D eigenvalue weighted by atomic mass is 32.1. The molecule has 4 rings (SSSR count). The molecule has 3 aromatic carbocycles. The predicted molar refractivity (Wildman–Crippen MR) is 132 cm³/mol. The number of rotatable bonds is 6. The molecule has 1 saturated heterocycles. The van der Waals surface area contributed by atoms with Gasteiger partial charge in [-0.3, -0.25) is 10.3 Å². The molecular weight excluding hydrogens is 459 g/mol. The Kier molecular flexibility index (Phi) is 7.44. The number of halogens is 3. The molecule has 5 nitrogen and oxygen atoms in total. The van der Waals surface area contributed by atoms with Gasteiger partial charge in [-0.15, -0.1) is 0 Å². The molecule has 0 amide bonds. The van der Waals surface area contributed by atoms with Gasteiger partial charge in [0.05, 0.1) is 17.9 Å². The number of benzene rings is 3. The summed E-state index contributed by atoms with van der Waals surface area (Å²) < 4.78 is 43.5. The molecule has 1 atom stereocenters. The minimum atomic E-state index is -0.608. The molecule has 3 N–H and O–H groups in total. The maximum absolute atomic E-state index is 15.0. The highest BCUT2D eigenvalue weighted by Crippen LogP contribution is 2.32. The van der Waals surface area contributed by atoms with Crippen LogP contribution in [-0.2, 0) is 6.54 Å². The quantitative estimate of drug-likeness (QED) is 0.311. The fourth-order valence-corrected chi connectivity index (χ4v) is 4.20. The average molecular weight is 484 g/mol. The van der Waals surface area contributed by atoms with Crippen LogP contribution in [0.5, 0.6) is 0 Å². The number of thiocarbonyl (C=S) groups is 1. The Bertz CT molecular complexity index is 1190. The molecule has 9 heteroatoms. The van der Waals surface area contributed by atoms with Crippen molar-refractivity contribution >= 4 is 29.2 Å². The van der Waals surface area contributed by atoms with Crippen LogP contribution in [0.2, 0.25) is 0 Å². The van der Waals surface area contributed by atoms with Crippen molar-refractivity contribution in [2.75, 3.05) is 24.5 Å². The van der Waals surface area contributed by atoms with E-state index in [0.29, 0.717) is 26.2 Å². The Morgan fingerprint density at radius 1 is 1.03 bits per heavy atom. The second kappa shape index (κ2) is 10.7. The van der Waals surface area contributed by atoms with E-state index >= 15 is 4.39 Å². The van der Waals surface area contributed by atoms with Crippen molar-refractivity contribution < 1.29 is 13.2 Å². The van der Waals surface area contributed by atoms with Crippen molar-refractivity contribution in [1.29, 1.82) is 0 Å². The van der Waals surface area contributed by atoms with Gasteiger partial charge in [-0.1, -0.05) is 42.5 Å². The van der Waals surface area contributed by atoms with Crippen molar-refractivity contribution in [2.45, 2.75) is 12.6 Å². The Morgan fingerprint density at radius 2 is 1.82 bits per heavy atom. The lowest BCUT2D eigenvalue weighted by molar-refractivity contribution is 0.168. The van der Waals surface area contributed by atoms with Gasteiger partial charge >= 0.3 is 0 Å². The average Bonchev–Trinajstić information content (AvgIpc) is 2.82. The number of nitrogens with zero attached hydrogens (tertiary/aromatic N) is 3. The predicted octanol–water partition coefficient (Wildman–Crippen LogP) is 4.33. The lowest BCUT2D eigenvalue weighted by atomic mass is 10.0. The molecule has 1 fully saturated rings. The summed E-state index contributed by atoms with van der Waals surface area (Å²) in [5, 5.41) is 3.63. The van der Waals surface area contributed by atoms with E-state index in [1.54, 1.807) is 6.07 Å². The van der Waals surface area contributed by atoms with E-state index in [9.17, 15) is 8.78 Å². The summed E-state index contributed by atoms with van der Waals surface area (Å²) in [6.07, 6.45) is 1.13. The SMILES string of the molecule is NC(=S)NN=Cc1cc(F)c(N2CCN(Cc3cccc(F)c3)[C@H](c3ccccc3)C2)cc1F. The van der Waals surface area contributed by atoms with E-state index in [2.05, 4.69) is 27.6 Å². The van der Waals surface area contributed by atoms with Gasteiger partial charge in [-0.2, -0.15) is 5.10 Å². The number of hydrogen-bond acceptors (Lipinski definition) is 4. The first-order valence-electron chi connectivity index (χ1n) is 10.8. The summed E-state index contributed by atoms with van der Waals surface area (Å²) in [6.45, 7) is 2.09. The highest BCUT2D eigenvalue weighted by Gasteiger charge is 2.30. The topological polar surface area (TPSA) is 56.9 Å². The van der Waals surface area contributed by atoms with Gasteiger partial charge in [0, 0.05) is 37.8 Å². The summed E-state index contributed by atoms with van der Waals surface area (Å²) in [7, 11) is 0. The fraction of sp³-hybridized carbons (Fsp3) is 0.200. The zero-order valence-corrected chi connectivity index (χ0v) is 19.1. The molecule has 176 valence electrons. The Hall–Kier alpha value is -3.43. The Labute approximate surface area is 201 Å². The van der Waals surface area contributed by atoms with Gasteiger partial charge in [-0.05, 0) is 41.5 Å². The molecule has 1 aliphatic rings. The minimum absolute atomic E-state index is 0.0191. The van der Waals surface area contributed by atoms with Crippen LogP contribution >= 0.6 is 12.2 Å². The van der Waals surface area contributed by atoms with Gasteiger partial charge in [0.2, 0.25) is 0 Å². The summed E-state index contributed by atoms with van der Waals surface area (Å²) in [5.41, 5.74) is 9.68. The highest BCUT2D eigenvalue weighted by molar-refractivity contribution is 7.80. The van der Waals surface area contributed by atoms with Gasteiger partial charge in [-0.25, -0.2) is 13.2 Å². The number of hydrogen-bond donors (Lipinski definition) is 2. The third-order valence-electron chi connectivity index (χ3n) is 5.74. The number of hydrazone groups is 1. The molecule has 1 aliphatic heterocycles. The first-order chi connectivity index (χ1) is 16.4. The fourth-order valence-electron chi connectivity index (χ4n) is 4.15. The monoisotopic (exact) mass is 483 g/mol. The molecule has 3 aromatic rings. The van der Waals surface area contributed by atoms with E-state index in [0.717, 1.165) is 23.4 Å². The summed E-state index contributed by atoms with van der Waals surface area (Å²) in [5.74, 6) is -1.44. The van der Waals surface area contributed by atoms with Crippen LogP contribution in [0.1, 0.15) is 22.7 Å². The molecule has 0 spiro atoms. The van der Waals surface area contributed by atoms with Crippen molar-refractivity contribution in [3.05, 3.63) is 101 Å². The summed E-state index contributed by atoms with van der Waals surface area (Å²) >= 11 is 4.64. The summed E-state index contributed by atoms with van der Waals surface area (Å²) in [4.78, 5) is 4.07. The first-order valence-corrected chi connectivity index (χ1v) is 11.2. The largest absolute Gasteiger partial charge is 0.375 e. The smallest absolute Gasteiger partial charge is 0.184 e. The zero-order chi connectivity index (χ0) is 24.1. The summed E-state index contributed by atoms with van der Waals surface area (Å²) in [6, 6.07) is 18.6. The number of nitrogens with two attached hydrogens (primary N) is 1. The van der Waals surface area contributed by atoms with Crippen LogP contribution < -0.4 is 16.1 Å². The molecule has 0 aromatic heterocycles. The first kappa shape index (κ1) is 23.7. The van der Waals surface area contributed by atoms with Gasteiger partial charge < -0.3 is 10.6 Å². The van der Waals surface area contributed by atoms with E-state index in [1.165, 1.54) is 18.2 Å². The van der Waals surface area contributed by atoms with Crippen LogP contribution in [-0.4, -0.2) is 35.9 Å². The molecule has 34 heavy (non-hydrogen) atoms. The molecule has 0 aliphatic carbocycles. The van der Waals surface area contributed by atoms with E-state index in [4.69, 9.17) is 5.73 Å². The van der Waals surface area contributed by atoms with Crippen LogP contribution in [0.3, 0.4) is 0 Å².